The van der Waals surface area contributed by atoms with Gasteiger partial charge in [-0.1, -0.05) is 76.2 Å². The lowest BCUT2D eigenvalue weighted by atomic mass is 9.77. The van der Waals surface area contributed by atoms with Crippen LogP contribution in [0.5, 0.6) is 23.0 Å². The third kappa shape index (κ3) is 12.0. The van der Waals surface area contributed by atoms with E-state index in [4.69, 9.17) is 37.0 Å². The maximum absolute atomic E-state index is 13.7. The summed E-state index contributed by atoms with van der Waals surface area (Å²) in [4.78, 5) is 23.3. The zero-order chi connectivity index (χ0) is 50.4. The topological polar surface area (TPSA) is 194 Å². The Balaban J connectivity index is 1.31. The highest BCUT2D eigenvalue weighted by molar-refractivity contribution is 7.53. The van der Waals surface area contributed by atoms with Crippen LogP contribution >= 0.6 is 15.2 Å². The van der Waals surface area contributed by atoms with Crippen molar-refractivity contribution in [1.82, 2.24) is 0 Å². The summed E-state index contributed by atoms with van der Waals surface area (Å²) >= 11 is 0. The first-order valence-electron chi connectivity index (χ1n) is 22.2. The van der Waals surface area contributed by atoms with Gasteiger partial charge >= 0.3 is 15.2 Å². The first-order chi connectivity index (χ1) is 33.3. The molecule has 10 heterocycles. The van der Waals surface area contributed by atoms with Gasteiger partial charge in [-0.05, 0) is 93.0 Å². The van der Waals surface area contributed by atoms with E-state index in [9.17, 15) is 29.4 Å². The Kier molecular flexibility index (Phi) is 15.7. The fraction of sp³-hybridized carbons (Fsp3) is 0.308. The van der Waals surface area contributed by atoms with Crippen LogP contribution < -0.4 is 18.9 Å². The third-order valence-electron chi connectivity index (χ3n) is 12.7. The van der Waals surface area contributed by atoms with Gasteiger partial charge in [0, 0.05) is 74.7 Å². The van der Waals surface area contributed by atoms with Crippen molar-refractivity contribution in [2.24, 2.45) is 0 Å². The van der Waals surface area contributed by atoms with Crippen molar-refractivity contribution >= 4 is 26.6 Å². The van der Waals surface area contributed by atoms with Crippen molar-refractivity contribution in [2.75, 3.05) is 28.4 Å². The second kappa shape index (κ2) is 21.3. The molecule has 0 N–H and O–H groups in total. The second-order valence-corrected chi connectivity index (χ2v) is 22.4. The van der Waals surface area contributed by atoms with Gasteiger partial charge in [0.25, 0.3) is 11.4 Å². The van der Waals surface area contributed by atoms with E-state index in [1.54, 1.807) is 24.3 Å². The summed E-state index contributed by atoms with van der Waals surface area (Å²) in [5.41, 5.74) is 5.22. The molecular weight excluding hydrogens is 939 g/mol. The second-order valence-electron chi connectivity index (χ2n) is 17.9. The molecule has 0 fully saturated rings. The van der Waals surface area contributed by atoms with Gasteiger partial charge in [-0.25, -0.2) is 0 Å². The molecule has 6 aromatic carbocycles. The highest BCUT2D eigenvalue weighted by Crippen LogP contribution is 2.53. The van der Waals surface area contributed by atoms with E-state index in [1.165, 1.54) is 52.7 Å². The minimum absolute atomic E-state index is 0.0414. The number of nitro groups is 2. The van der Waals surface area contributed by atoms with Crippen molar-refractivity contribution in [1.29, 1.82) is 0 Å². The van der Waals surface area contributed by atoms with Gasteiger partial charge in [-0.3, -0.25) is 29.4 Å². The van der Waals surface area contributed by atoms with Crippen LogP contribution in [0.1, 0.15) is 83.3 Å². The highest BCUT2D eigenvalue weighted by Gasteiger charge is 2.31. The molecule has 10 aliphatic heterocycles. The van der Waals surface area contributed by atoms with Crippen LogP contribution in [0.15, 0.2) is 121 Å². The predicted molar refractivity (Wildman–Crippen MR) is 264 cm³/mol. The molecule has 16 nitrogen and oxygen atoms in total. The van der Waals surface area contributed by atoms with Crippen LogP contribution in [-0.4, -0.2) is 38.3 Å². The molecule has 6 aromatic rings. The zero-order valence-electron chi connectivity index (χ0n) is 40.3. The Morgan fingerprint density at radius 1 is 0.457 bits per heavy atom. The monoisotopic (exact) mass is 994 g/mol. The lowest BCUT2D eigenvalue weighted by Crippen LogP contribution is -2.20. The van der Waals surface area contributed by atoms with Crippen molar-refractivity contribution in [3.05, 3.63) is 197 Å². The molecule has 368 valence electrons. The van der Waals surface area contributed by atoms with Crippen molar-refractivity contribution in [2.45, 2.75) is 77.3 Å². The van der Waals surface area contributed by atoms with E-state index in [0.29, 0.717) is 56.4 Å². The van der Waals surface area contributed by atoms with Crippen molar-refractivity contribution in [3.63, 3.8) is 0 Å². The van der Waals surface area contributed by atoms with E-state index in [1.807, 2.05) is 86.6 Å². The lowest BCUT2D eigenvalue weighted by Gasteiger charge is -2.29. The molecule has 18 heteroatoms. The fourth-order valence-electron chi connectivity index (χ4n) is 8.24. The third-order valence-corrected chi connectivity index (χ3v) is 16.3. The molecule has 0 spiro atoms. The molecule has 0 unspecified atom stereocenters. The normalized spacial score (nSPS) is 14.9. The summed E-state index contributed by atoms with van der Waals surface area (Å²) in [5, 5.41) is 24.3. The summed E-state index contributed by atoms with van der Waals surface area (Å²) in [5.74, 6) is 1.84. The molecule has 70 heavy (non-hydrogen) atoms. The summed E-state index contributed by atoms with van der Waals surface area (Å²) < 4.78 is 73.8. The molecule has 0 radical (unpaired) electrons. The van der Waals surface area contributed by atoms with Gasteiger partial charge in [0.1, 0.15) is 49.4 Å². The molecule has 0 saturated heterocycles. The van der Waals surface area contributed by atoms with E-state index in [-0.39, 0.29) is 50.1 Å². The molecule has 16 rings (SSSR count). The molecule has 0 aliphatic carbocycles. The SMILES string of the molecule is COP(=O)(Cc1cc2ccc1OCc1cc(cc([N+](=O)[O-])c1)COc1ccc(cc1)C(C)(C)c1ccc(cc1)OCc1cc(cc([N+](=O)[O-])c1)COc1ccc(cc1CP(=O)(OC)OC)C2(C)C)OC. The number of non-ortho nitro benzene ring substituents is 2. The standard InChI is InChI=1S/C52H56N2O14P2/c1-51(2)41-9-15-47(16-10-41)65-29-35-21-37(25-45(23-35)53(55)56)31-67-49-19-13-43(27-39(49)33-69(59,61-5)62-6)52(3,4)44-14-20-50(40(28-44)34-70(60,63-7)64-8)68-32-38-22-36(24-46(26-38)54(57)58)30-66-48-17-11-42(51)12-18-48/h9-28H,29-34H2,1-8H3. The molecule has 0 saturated carbocycles. The maximum Gasteiger partial charge on any atom is 0.334 e. The molecule has 12 bridgehead atoms. The average Bonchev–Trinajstić information content (AvgIpc) is 3.36. The Morgan fingerprint density at radius 2 is 0.757 bits per heavy atom. The molecule has 0 aromatic heterocycles. The van der Waals surface area contributed by atoms with Gasteiger partial charge in [-0.2, -0.15) is 0 Å². The average molecular weight is 995 g/mol. The lowest BCUT2D eigenvalue weighted by molar-refractivity contribution is -0.385. The highest BCUT2D eigenvalue weighted by atomic mass is 31.2. The molecule has 0 amide bonds. The van der Waals surface area contributed by atoms with Crippen LogP contribution in [0.3, 0.4) is 0 Å². The number of nitro benzene ring substituents is 2. The van der Waals surface area contributed by atoms with Crippen molar-refractivity contribution < 1.29 is 56.0 Å². The van der Waals surface area contributed by atoms with Crippen LogP contribution in [0, 0.1) is 20.2 Å². The summed E-state index contributed by atoms with van der Waals surface area (Å²) in [6.07, 6.45) is -0.326. The fourth-order valence-corrected chi connectivity index (χ4v) is 10.4. The minimum Gasteiger partial charge on any atom is -0.489 e. The van der Waals surface area contributed by atoms with Gasteiger partial charge in [0.05, 0.1) is 22.2 Å². The Hall–Kier alpha value is -6.38. The Labute approximate surface area is 407 Å². The van der Waals surface area contributed by atoms with E-state index in [0.717, 1.165) is 22.3 Å². The quantitative estimate of drug-likeness (QED) is 0.0714. The number of hydrogen-bond donors (Lipinski definition) is 0. The minimum atomic E-state index is -3.66. The van der Waals surface area contributed by atoms with Crippen LogP contribution in [0.25, 0.3) is 0 Å². The Bertz CT molecular complexity index is 2760. The summed E-state index contributed by atoms with van der Waals surface area (Å²) in [6, 6.07) is 35.6. The zero-order valence-corrected chi connectivity index (χ0v) is 42.1. The number of hydrogen-bond acceptors (Lipinski definition) is 14. The van der Waals surface area contributed by atoms with Gasteiger partial charge < -0.3 is 37.0 Å². The summed E-state index contributed by atoms with van der Waals surface area (Å²) in [7, 11) is -2.13. The van der Waals surface area contributed by atoms with Gasteiger partial charge in [0.2, 0.25) is 0 Å². The molecule has 0 atom stereocenters. The number of nitrogens with zero attached hydrogens (tertiary/aromatic N) is 2. The van der Waals surface area contributed by atoms with Crippen LogP contribution in [0.4, 0.5) is 11.4 Å². The first-order valence-corrected chi connectivity index (χ1v) is 25.7. The van der Waals surface area contributed by atoms with Crippen molar-refractivity contribution in [3.8, 4) is 23.0 Å². The smallest absolute Gasteiger partial charge is 0.334 e. The predicted octanol–water partition coefficient (Wildman–Crippen LogP) is 12.8. The van der Waals surface area contributed by atoms with E-state index in [2.05, 4.69) is 13.8 Å². The van der Waals surface area contributed by atoms with Gasteiger partial charge in [0.15, 0.2) is 0 Å². The molecule has 10 aliphatic rings. The van der Waals surface area contributed by atoms with Crippen LogP contribution in [0.2, 0.25) is 0 Å². The first kappa shape index (κ1) is 51.5. The molecular formula is C52H56N2O14P2. The maximum atomic E-state index is 13.7. The summed E-state index contributed by atoms with van der Waals surface area (Å²) in [6.45, 7) is 8.10. The Morgan fingerprint density at radius 3 is 1.07 bits per heavy atom. The van der Waals surface area contributed by atoms with E-state index < -0.39 is 35.9 Å². The number of benzene rings is 6. The van der Waals surface area contributed by atoms with Gasteiger partial charge in [-0.15, -0.1) is 0 Å². The largest absolute Gasteiger partial charge is 0.489 e. The number of ether oxygens (including phenoxy) is 4. The van der Waals surface area contributed by atoms with Crippen LogP contribution in [-0.2, 0) is 76.8 Å². The number of rotatable bonds is 10. The van der Waals surface area contributed by atoms with E-state index >= 15 is 0 Å².